The molecule has 2 aromatic rings. The predicted octanol–water partition coefficient (Wildman–Crippen LogP) is 4.34. The van der Waals surface area contributed by atoms with Gasteiger partial charge in [0.2, 0.25) is 0 Å². The lowest BCUT2D eigenvalue weighted by atomic mass is 10.1. The van der Waals surface area contributed by atoms with Crippen LogP contribution in [0.3, 0.4) is 0 Å². The first-order valence-electron chi connectivity index (χ1n) is 6.99. The third-order valence-electron chi connectivity index (χ3n) is 3.34. The number of halogens is 2. The lowest BCUT2D eigenvalue weighted by molar-refractivity contribution is 0.414. The van der Waals surface area contributed by atoms with Gasteiger partial charge in [-0.3, -0.25) is 0 Å². The topological polar surface area (TPSA) is 30.5 Å². The molecule has 2 aromatic carbocycles. The molecule has 0 fully saturated rings. The molecule has 5 heteroatoms. The normalized spacial score (nSPS) is 10.5. The van der Waals surface area contributed by atoms with Crippen LogP contribution < -0.4 is 14.8 Å². The van der Waals surface area contributed by atoms with Crippen molar-refractivity contribution in [1.82, 2.24) is 5.32 Å². The van der Waals surface area contributed by atoms with Crippen molar-refractivity contribution in [3.8, 4) is 11.5 Å². The zero-order chi connectivity index (χ0) is 15.9. The van der Waals surface area contributed by atoms with Crippen LogP contribution in [0.2, 0.25) is 10.0 Å². The lowest BCUT2D eigenvalue weighted by Crippen LogP contribution is -2.16. The van der Waals surface area contributed by atoms with E-state index in [0.29, 0.717) is 22.3 Å². The van der Waals surface area contributed by atoms with Crippen LogP contribution in [0.4, 0.5) is 0 Å². The molecule has 118 valence electrons. The van der Waals surface area contributed by atoms with Gasteiger partial charge >= 0.3 is 0 Å². The zero-order valence-electron chi connectivity index (χ0n) is 12.7. The van der Waals surface area contributed by atoms with Crippen molar-refractivity contribution in [3.63, 3.8) is 0 Å². The molecule has 22 heavy (non-hydrogen) atoms. The molecule has 0 aromatic heterocycles. The van der Waals surface area contributed by atoms with Gasteiger partial charge in [0.15, 0.2) is 5.75 Å². The first-order valence-corrected chi connectivity index (χ1v) is 7.75. The van der Waals surface area contributed by atoms with Crippen molar-refractivity contribution in [2.45, 2.75) is 13.0 Å². The minimum atomic E-state index is 0.519. The van der Waals surface area contributed by atoms with Crippen molar-refractivity contribution in [3.05, 3.63) is 57.6 Å². The molecule has 0 unspecified atom stereocenters. The standard InChI is InChI=1S/C17H19Cl2NO2/c1-21-14-5-3-12(4-6-14)7-8-20-11-13-9-15(18)17(22-2)16(19)10-13/h3-6,9-10,20H,7-8,11H2,1-2H3. The molecule has 2 rings (SSSR count). The molecule has 0 heterocycles. The Hall–Kier alpha value is -1.42. The second kappa shape index (κ2) is 8.28. The van der Waals surface area contributed by atoms with Crippen LogP contribution in [0, 0.1) is 0 Å². The van der Waals surface area contributed by atoms with Gasteiger partial charge in [0.05, 0.1) is 24.3 Å². The highest BCUT2D eigenvalue weighted by Gasteiger charge is 2.08. The van der Waals surface area contributed by atoms with Crippen LogP contribution in [0.15, 0.2) is 36.4 Å². The molecule has 0 amide bonds. The van der Waals surface area contributed by atoms with E-state index in [0.717, 1.165) is 24.3 Å². The summed E-state index contributed by atoms with van der Waals surface area (Å²) in [6.45, 7) is 1.58. The Morgan fingerprint density at radius 2 is 1.55 bits per heavy atom. The summed E-state index contributed by atoms with van der Waals surface area (Å²) in [4.78, 5) is 0. The predicted molar refractivity (Wildman–Crippen MR) is 91.4 cm³/mol. The van der Waals surface area contributed by atoms with Crippen molar-refractivity contribution >= 4 is 23.2 Å². The molecule has 0 aliphatic heterocycles. The fourth-order valence-electron chi connectivity index (χ4n) is 2.17. The van der Waals surface area contributed by atoms with Crippen molar-refractivity contribution in [2.24, 2.45) is 0 Å². The second-order valence-electron chi connectivity index (χ2n) is 4.87. The summed E-state index contributed by atoms with van der Waals surface area (Å²) in [5.41, 5.74) is 2.30. The van der Waals surface area contributed by atoms with E-state index in [2.05, 4.69) is 17.4 Å². The molecule has 0 aliphatic carbocycles. The molecule has 0 saturated heterocycles. The molecule has 1 N–H and O–H groups in total. The highest BCUT2D eigenvalue weighted by Crippen LogP contribution is 2.33. The van der Waals surface area contributed by atoms with E-state index in [-0.39, 0.29) is 0 Å². The van der Waals surface area contributed by atoms with Gasteiger partial charge in [0.1, 0.15) is 5.75 Å². The molecule has 3 nitrogen and oxygen atoms in total. The third kappa shape index (κ3) is 4.54. The maximum atomic E-state index is 6.12. The van der Waals surface area contributed by atoms with Crippen LogP contribution in [0.1, 0.15) is 11.1 Å². The van der Waals surface area contributed by atoms with E-state index in [1.807, 2.05) is 24.3 Å². The number of benzene rings is 2. The quantitative estimate of drug-likeness (QED) is 0.761. The van der Waals surface area contributed by atoms with E-state index in [1.165, 1.54) is 5.56 Å². The smallest absolute Gasteiger partial charge is 0.156 e. The summed E-state index contributed by atoms with van der Waals surface area (Å²) >= 11 is 12.2. The molecule has 0 radical (unpaired) electrons. The third-order valence-corrected chi connectivity index (χ3v) is 3.90. The summed E-state index contributed by atoms with van der Waals surface area (Å²) < 4.78 is 10.3. The van der Waals surface area contributed by atoms with Gasteiger partial charge in [-0.1, -0.05) is 35.3 Å². The number of rotatable bonds is 7. The van der Waals surface area contributed by atoms with Gasteiger partial charge in [0.25, 0.3) is 0 Å². The van der Waals surface area contributed by atoms with Crippen molar-refractivity contribution < 1.29 is 9.47 Å². The fraction of sp³-hybridized carbons (Fsp3) is 0.294. The maximum Gasteiger partial charge on any atom is 0.156 e. The van der Waals surface area contributed by atoms with Crippen LogP contribution in [-0.4, -0.2) is 20.8 Å². The zero-order valence-corrected chi connectivity index (χ0v) is 14.2. The summed E-state index contributed by atoms with van der Waals surface area (Å²) in [6.07, 6.45) is 0.946. The average Bonchev–Trinajstić information content (AvgIpc) is 2.52. The summed E-state index contributed by atoms with van der Waals surface area (Å²) in [5, 5.41) is 4.44. The van der Waals surface area contributed by atoms with Gasteiger partial charge < -0.3 is 14.8 Å². The van der Waals surface area contributed by atoms with Gasteiger partial charge in [-0.05, 0) is 48.4 Å². The van der Waals surface area contributed by atoms with Gasteiger partial charge in [0, 0.05) is 6.54 Å². The Morgan fingerprint density at radius 1 is 0.909 bits per heavy atom. The van der Waals surface area contributed by atoms with Gasteiger partial charge in [-0.2, -0.15) is 0 Å². The molecule has 0 spiro atoms. The monoisotopic (exact) mass is 339 g/mol. The number of ether oxygens (including phenoxy) is 2. The summed E-state index contributed by atoms with van der Waals surface area (Å²) in [5.74, 6) is 1.39. The Balaban J connectivity index is 1.83. The van der Waals surface area contributed by atoms with Crippen molar-refractivity contribution in [2.75, 3.05) is 20.8 Å². The van der Waals surface area contributed by atoms with E-state index >= 15 is 0 Å². The minimum Gasteiger partial charge on any atom is -0.497 e. The molecule has 0 saturated carbocycles. The Bertz CT molecular complexity index is 592. The van der Waals surface area contributed by atoms with Gasteiger partial charge in [-0.15, -0.1) is 0 Å². The fourth-order valence-corrected chi connectivity index (χ4v) is 2.85. The van der Waals surface area contributed by atoms with E-state index in [1.54, 1.807) is 14.2 Å². The first-order chi connectivity index (χ1) is 10.6. The number of methoxy groups -OCH3 is 2. The largest absolute Gasteiger partial charge is 0.497 e. The molecular formula is C17H19Cl2NO2. The van der Waals surface area contributed by atoms with Crippen molar-refractivity contribution in [1.29, 1.82) is 0 Å². The maximum absolute atomic E-state index is 6.12. The van der Waals surface area contributed by atoms with E-state index < -0.39 is 0 Å². The number of hydrogen-bond acceptors (Lipinski definition) is 3. The minimum absolute atomic E-state index is 0.519. The number of nitrogens with one attached hydrogen (secondary N) is 1. The molecule has 0 atom stereocenters. The Labute approximate surface area is 141 Å². The average molecular weight is 340 g/mol. The highest BCUT2D eigenvalue weighted by atomic mass is 35.5. The van der Waals surface area contributed by atoms with E-state index in [4.69, 9.17) is 32.7 Å². The van der Waals surface area contributed by atoms with Gasteiger partial charge in [-0.25, -0.2) is 0 Å². The van der Waals surface area contributed by atoms with Crippen LogP contribution in [0.5, 0.6) is 11.5 Å². The Morgan fingerprint density at radius 3 is 2.09 bits per heavy atom. The first kappa shape index (κ1) is 16.9. The summed E-state index contributed by atoms with van der Waals surface area (Å²) in [6, 6.07) is 11.8. The number of hydrogen-bond donors (Lipinski definition) is 1. The Kier molecular flexibility index (Phi) is 6.37. The highest BCUT2D eigenvalue weighted by molar-refractivity contribution is 6.37. The molecular weight excluding hydrogens is 321 g/mol. The van der Waals surface area contributed by atoms with Crippen LogP contribution in [-0.2, 0) is 13.0 Å². The SMILES string of the molecule is COc1ccc(CCNCc2cc(Cl)c(OC)c(Cl)c2)cc1. The lowest BCUT2D eigenvalue weighted by Gasteiger charge is -2.10. The van der Waals surface area contributed by atoms with E-state index in [9.17, 15) is 0 Å². The molecule has 0 aliphatic rings. The second-order valence-corrected chi connectivity index (χ2v) is 5.68. The summed E-state index contributed by atoms with van der Waals surface area (Å²) in [7, 11) is 3.22. The van der Waals surface area contributed by atoms with Crippen LogP contribution >= 0.6 is 23.2 Å². The molecule has 0 bridgehead atoms. The van der Waals surface area contributed by atoms with Crippen LogP contribution in [0.25, 0.3) is 0 Å².